The van der Waals surface area contributed by atoms with Gasteiger partial charge >= 0.3 is 6.03 Å². The van der Waals surface area contributed by atoms with Crippen molar-refractivity contribution in [3.05, 3.63) is 58.9 Å². The minimum Gasteiger partial charge on any atom is -0.342 e. The number of amides is 3. The first-order chi connectivity index (χ1) is 15.5. The number of likely N-dealkylation sites (tertiary alicyclic amines) is 2. The molecule has 2 fully saturated rings. The van der Waals surface area contributed by atoms with Crippen molar-refractivity contribution in [2.45, 2.75) is 38.3 Å². The van der Waals surface area contributed by atoms with Gasteiger partial charge < -0.3 is 14.7 Å². The maximum atomic E-state index is 13.2. The Balaban J connectivity index is 1.17. The van der Waals surface area contributed by atoms with Crippen LogP contribution in [0.4, 0.5) is 4.79 Å². The van der Waals surface area contributed by atoms with Gasteiger partial charge in [-0.3, -0.25) is 14.2 Å². The van der Waals surface area contributed by atoms with E-state index in [1.165, 1.54) is 0 Å². The Morgan fingerprint density at radius 2 is 1.78 bits per heavy atom. The molecule has 2 aromatic rings. The molecule has 1 aromatic carbocycles. The molecule has 0 saturated carbocycles. The van der Waals surface area contributed by atoms with Gasteiger partial charge in [0.2, 0.25) is 5.91 Å². The molecule has 5 rings (SSSR count). The van der Waals surface area contributed by atoms with Gasteiger partial charge in [-0.15, -0.1) is 0 Å². The summed E-state index contributed by atoms with van der Waals surface area (Å²) in [5.74, 6) is -0.108. The molecule has 8 heteroatoms. The Bertz CT molecular complexity index is 1040. The number of halogens is 1. The number of hydrogen-bond donors (Lipinski definition) is 0. The molecular formula is C24H27ClN4O3. The van der Waals surface area contributed by atoms with Crippen LogP contribution in [0.15, 0.2) is 42.6 Å². The number of rotatable bonds is 3. The van der Waals surface area contributed by atoms with E-state index in [1.54, 1.807) is 33.7 Å². The number of piperidine rings is 2. The molecule has 3 aliphatic rings. The van der Waals surface area contributed by atoms with E-state index in [1.807, 2.05) is 28.1 Å². The van der Waals surface area contributed by atoms with Gasteiger partial charge in [-0.25, -0.2) is 4.79 Å². The van der Waals surface area contributed by atoms with Crippen LogP contribution in [-0.2, 0) is 11.3 Å². The van der Waals surface area contributed by atoms with Gasteiger partial charge in [0, 0.05) is 54.7 Å². The molecule has 32 heavy (non-hydrogen) atoms. The lowest BCUT2D eigenvalue weighted by molar-refractivity contribution is -0.138. The monoisotopic (exact) mass is 454 g/mol. The summed E-state index contributed by atoms with van der Waals surface area (Å²) >= 11 is 6.04. The molecule has 0 N–H and O–H groups in total. The van der Waals surface area contributed by atoms with E-state index in [2.05, 4.69) is 0 Å². The van der Waals surface area contributed by atoms with Crippen LogP contribution in [0.1, 0.15) is 41.7 Å². The molecule has 1 aromatic heterocycles. The van der Waals surface area contributed by atoms with E-state index < -0.39 is 0 Å². The molecule has 3 amide bonds. The smallest absolute Gasteiger partial charge is 0.329 e. The second kappa shape index (κ2) is 8.62. The molecule has 168 valence electrons. The number of carbonyl (C=O) groups excluding carboxylic acids is 3. The molecule has 4 heterocycles. The van der Waals surface area contributed by atoms with Crippen molar-refractivity contribution in [3.8, 4) is 0 Å². The lowest BCUT2D eigenvalue weighted by Gasteiger charge is -2.39. The predicted molar refractivity (Wildman–Crippen MR) is 120 cm³/mol. The van der Waals surface area contributed by atoms with E-state index in [4.69, 9.17) is 11.6 Å². The maximum Gasteiger partial charge on any atom is 0.329 e. The fraction of sp³-hybridized carbons (Fsp3) is 0.458. The van der Waals surface area contributed by atoms with Crippen molar-refractivity contribution >= 4 is 29.4 Å². The van der Waals surface area contributed by atoms with E-state index >= 15 is 0 Å². The Labute approximate surface area is 192 Å². The van der Waals surface area contributed by atoms with Crippen LogP contribution < -0.4 is 0 Å². The fourth-order valence-electron chi connectivity index (χ4n) is 5.22. The summed E-state index contributed by atoms with van der Waals surface area (Å²) in [6.45, 7) is 3.06. The average Bonchev–Trinajstić information content (AvgIpc) is 3.41. The summed E-state index contributed by atoms with van der Waals surface area (Å²) in [5.41, 5.74) is 1.59. The minimum atomic E-state index is -0.169. The Hall–Kier alpha value is -2.80. The Kier molecular flexibility index (Phi) is 5.67. The van der Waals surface area contributed by atoms with Crippen molar-refractivity contribution < 1.29 is 14.4 Å². The quantitative estimate of drug-likeness (QED) is 0.713. The first-order valence-corrected chi connectivity index (χ1v) is 11.7. The first-order valence-electron chi connectivity index (χ1n) is 11.3. The summed E-state index contributed by atoms with van der Waals surface area (Å²) in [6.07, 6.45) is 5.02. The largest absolute Gasteiger partial charge is 0.342 e. The highest BCUT2D eigenvalue weighted by molar-refractivity contribution is 6.30. The molecule has 0 radical (unpaired) electrons. The van der Waals surface area contributed by atoms with E-state index in [9.17, 15) is 14.4 Å². The predicted octanol–water partition coefficient (Wildman–Crippen LogP) is 3.47. The summed E-state index contributed by atoms with van der Waals surface area (Å²) < 4.78 is 1.71. The normalized spacial score (nSPS) is 21.7. The molecule has 2 saturated heterocycles. The SMILES string of the molecule is O=C(c1cccc(Cl)c1)N1CCCC(C(=O)N2CCC(N3Cc4cccn4C3=O)CC2)C1. The van der Waals surface area contributed by atoms with Crippen molar-refractivity contribution in [2.75, 3.05) is 26.2 Å². The number of carbonyl (C=O) groups is 3. The van der Waals surface area contributed by atoms with Gasteiger partial charge in [0.25, 0.3) is 5.91 Å². The van der Waals surface area contributed by atoms with Gasteiger partial charge in [-0.05, 0) is 56.0 Å². The third-order valence-corrected chi connectivity index (χ3v) is 7.20. The van der Waals surface area contributed by atoms with Crippen molar-refractivity contribution in [1.29, 1.82) is 0 Å². The van der Waals surface area contributed by atoms with Crippen LogP contribution in [0, 0.1) is 5.92 Å². The third-order valence-electron chi connectivity index (χ3n) is 6.96. The number of aromatic nitrogens is 1. The highest BCUT2D eigenvalue weighted by Crippen LogP contribution is 2.27. The number of hydrogen-bond acceptors (Lipinski definition) is 3. The summed E-state index contributed by atoms with van der Waals surface area (Å²) in [6, 6.07) is 11.0. The lowest BCUT2D eigenvalue weighted by Crippen LogP contribution is -2.51. The average molecular weight is 455 g/mol. The molecule has 1 unspecified atom stereocenters. The molecular weight excluding hydrogens is 428 g/mol. The number of fused-ring (bicyclic) bond motifs is 1. The molecule has 7 nitrogen and oxygen atoms in total. The molecule has 1 atom stereocenters. The summed E-state index contributed by atoms with van der Waals surface area (Å²) in [7, 11) is 0. The minimum absolute atomic E-state index is 0.0391. The molecule has 0 bridgehead atoms. The van der Waals surface area contributed by atoms with Crippen molar-refractivity contribution in [1.82, 2.24) is 19.3 Å². The van der Waals surface area contributed by atoms with Gasteiger partial charge in [0.1, 0.15) is 0 Å². The van der Waals surface area contributed by atoms with Crippen LogP contribution in [0.25, 0.3) is 0 Å². The van der Waals surface area contributed by atoms with E-state index in [0.717, 1.165) is 31.4 Å². The van der Waals surface area contributed by atoms with Gasteiger partial charge in [0.15, 0.2) is 0 Å². The van der Waals surface area contributed by atoms with Gasteiger partial charge in [-0.2, -0.15) is 0 Å². The Morgan fingerprint density at radius 1 is 0.969 bits per heavy atom. The topological polar surface area (TPSA) is 65.9 Å². The number of nitrogens with zero attached hydrogens (tertiary/aromatic N) is 4. The third kappa shape index (κ3) is 3.90. The fourth-order valence-corrected chi connectivity index (χ4v) is 5.41. The summed E-state index contributed by atoms with van der Waals surface area (Å²) in [4.78, 5) is 44.4. The zero-order valence-corrected chi connectivity index (χ0v) is 18.7. The van der Waals surface area contributed by atoms with Crippen LogP contribution >= 0.6 is 11.6 Å². The van der Waals surface area contributed by atoms with Crippen molar-refractivity contribution in [2.24, 2.45) is 5.92 Å². The zero-order valence-electron chi connectivity index (χ0n) is 18.0. The number of benzene rings is 1. The summed E-state index contributed by atoms with van der Waals surface area (Å²) in [5, 5.41) is 0.535. The highest BCUT2D eigenvalue weighted by Gasteiger charge is 2.37. The van der Waals surface area contributed by atoms with E-state index in [0.29, 0.717) is 43.3 Å². The van der Waals surface area contributed by atoms with E-state index in [-0.39, 0.29) is 29.8 Å². The van der Waals surface area contributed by atoms with Crippen LogP contribution in [-0.4, -0.2) is 69.3 Å². The van der Waals surface area contributed by atoms with Crippen LogP contribution in [0.2, 0.25) is 5.02 Å². The second-order valence-corrected chi connectivity index (χ2v) is 9.37. The Morgan fingerprint density at radius 3 is 2.53 bits per heavy atom. The second-order valence-electron chi connectivity index (χ2n) is 8.94. The van der Waals surface area contributed by atoms with Gasteiger partial charge in [0.05, 0.1) is 12.5 Å². The van der Waals surface area contributed by atoms with Crippen molar-refractivity contribution in [3.63, 3.8) is 0 Å². The molecule has 0 aliphatic carbocycles. The van der Waals surface area contributed by atoms with Crippen LogP contribution in [0.3, 0.4) is 0 Å². The standard InChI is InChI=1S/C24H27ClN4O3/c25-19-6-1-4-17(14-19)22(30)27-10-2-5-18(15-27)23(31)26-12-8-20(9-13-26)29-16-21-7-3-11-28(21)24(29)32/h1,3-4,6-7,11,14,18,20H,2,5,8-10,12-13,15-16H2. The lowest BCUT2D eigenvalue weighted by atomic mass is 9.94. The van der Waals surface area contributed by atoms with Gasteiger partial charge in [-0.1, -0.05) is 17.7 Å². The zero-order chi connectivity index (χ0) is 22.2. The van der Waals surface area contributed by atoms with Crippen LogP contribution in [0.5, 0.6) is 0 Å². The molecule has 3 aliphatic heterocycles. The highest BCUT2D eigenvalue weighted by atomic mass is 35.5. The molecule has 0 spiro atoms. The first kappa shape index (κ1) is 21.1. The maximum absolute atomic E-state index is 13.2.